The smallest absolute Gasteiger partial charge is 0.234 e. The van der Waals surface area contributed by atoms with E-state index in [9.17, 15) is 4.79 Å². The summed E-state index contributed by atoms with van der Waals surface area (Å²) in [6.07, 6.45) is 7.88. The van der Waals surface area contributed by atoms with Crippen LogP contribution in [0.4, 0.5) is 0 Å². The van der Waals surface area contributed by atoms with Crippen LogP contribution >= 0.6 is 0 Å². The third-order valence-electron chi connectivity index (χ3n) is 5.57. The van der Waals surface area contributed by atoms with Crippen LogP contribution in [0.3, 0.4) is 0 Å². The van der Waals surface area contributed by atoms with Crippen LogP contribution in [0.5, 0.6) is 0 Å². The number of carbonyl (C=O) groups excluding carboxylic acids is 1. The molecular formula is C19H25N5O. The van der Waals surface area contributed by atoms with Crippen LogP contribution in [0.25, 0.3) is 0 Å². The van der Waals surface area contributed by atoms with E-state index in [4.69, 9.17) is 0 Å². The van der Waals surface area contributed by atoms with E-state index in [1.807, 2.05) is 10.7 Å². The largest absolute Gasteiger partial charge is 0.354 e. The van der Waals surface area contributed by atoms with Crippen molar-refractivity contribution >= 4 is 5.91 Å². The number of amides is 1. The molecule has 0 unspecified atom stereocenters. The lowest BCUT2D eigenvalue weighted by molar-refractivity contribution is -0.122. The van der Waals surface area contributed by atoms with Gasteiger partial charge in [0.15, 0.2) is 0 Å². The summed E-state index contributed by atoms with van der Waals surface area (Å²) in [6, 6.07) is 10.9. The number of aromatic nitrogens is 3. The van der Waals surface area contributed by atoms with Gasteiger partial charge in [0.05, 0.1) is 13.1 Å². The summed E-state index contributed by atoms with van der Waals surface area (Å²) in [5.74, 6) is 0.132. The van der Waals surface area contributed by atoms with Crippen molar-refractivity contribution in [1.82, 2.24) is 25.0 Å². The van der Waals surface area contributed by atoms with Gasteiger partial charge in [-0.25, -0.2) is 4.98 Å². The molecule has 6 heteroatoms. The molecule has 0 radical (unpaired) electrons. The lowest BCUT2D eigenvalue weighted by Gasteiger charge is -2.24. The maximum absolute atomic E-state index is 12.5. The predicted molar refractivity (Wildman–Crippen MR) is 95.0 cm³/mol. The summed E-state index contributed by atoms with van der Waals surface area (Å²) in [5.41, 5.74) is 1.52. The number of likely N-dealkylation sites (tertiary alicyclic amines) is 1. The van der Waals surface area contributed by atoms with Crippen LogP contribution < -0.4 is 5.32 Å². The van der Waals surface area contributed by atoms with E-state index in [0.29, 0.717) is 12.6 Å². The highest BCUT2D eigenvalue weighted by Crippen LogP contribution is 2.47. The van der Waals surface area contributed by atoms with Crippen LogP contribution in [0, 0.1) is 0 Å². The molecule has 25 heavy (non-hydrogen) atoms. The first-order chi connectivity index (χ1) is 12.3. The molecule has 0 spiro atoms. The molecule has 1 N–H and O–H groups in total. The van der Waals surface area contributed by atoms with Crippen molar-refractivity contribution in [3.63, 3.8) is 0 Å². The fraction of sp³-hybridized carbons (Fsp3) is 0.526. The number of hydrogen-bond donors (Lipinski definition) is 1. The molecule has 1 amide bonds. The van der Waals surface area contributed by atoms with Crippen molar-refractivity contribution in [2.24, 2.45) is 0 Å². The number of hydrogen-bond acceptors (Lipinski definition) is 4. The molecule has 4 rings (SSSR count). The summed E-state index contributed by atoms with van der Waals surface area (Å²) in [7, 11) is 0. The molecule has 1 aliphatic carbocycles. The molecule has 1 saturated heterocycles. The lowest BCUT2D eigenvalue weighted by atomic mass is 9.96. The Morgan fingerprint density at radius 2 is 2.12 bits per heavy atom. The monoisotopic (exact) mass is 339 g/mol. The molecule has 1 aromatic heterocycles. The summed E-state index contributed by atoms with van der Waals surface area (Å²) >= 11 is 0. The first-order valence-electron chi connectivity index (χ1n) is 9.14. The number of rotatable bonds is 7. The van der Waals surface area contributed by atoms with Gasteiger partial charge in [-0.2, -0.15) is 5.10 Å². The second-order valence-electron chi connectivity index (χ2n) is 7.31. The highest BCUT2D eigenvalue weighted by atomic mass is 16.2. The van der Waals surface area contributed by atoms with Crippen molar-refractivity contribution in [1.29, 1.82) is 0 Å². The summed E-state index contributed by atoms with van der Waals surface area (Å²) in [4.78, 5) is 18.7. The molecule has 2 aromatic rings. The van der Waals surface area contributed by atoms with Crippen LogP contribution in [0.15, 0.2) is 43.0 Å². The zero-order valence-electron chi connectivity index (χ0n) is 14.5. The molecule has 1 aromatic carbocycles. The van der Waals surface area contributed by atoms with Crippen molar-refractivity contribution in [2.75, 3.05) is 19.6 Å². The van der Waals surface area contributed by atoms with Gasteiger partial charge in [0.1, 0.15) is 12.7 Å². The van der Waals surface area contributed by atoms with Crippen LogP contribution in [-0.2, 0) is 16.8 Å². The van der Waals surface area contributed by atoms with Gasteiger partial charge in [-0.05, 0) is 37.8 Å². The molecule has 1 saturated carbocycles. The summed E-state index contributed by atoms with van der Waals surface area (Å²) in [6.45, 7) is 3.01. The Morgan fingerprint density at radius 1 is 1.28 bits per heavy atom. The van der Waals surface area contributed by atoms with Crippen molar-refractivity contribution in [2.45, 2.75) is 43.7 Å². The van der Waals surface area contributed by atoms with E-state index in [2.05, 4.69) is 44.6 Å². The minimum Gasteiger partial charge on any atom is -0.354 e. The highest BCUT2D eigenvalue weighted by Gasteiger charge is 2.44. The van der Waals surface area contributed by atoms with Crippen molar-refractivity contribution < 1.29 is 4.79 Å². The molecule has 2 fully saturated rings. The van der Waals surface area contributed by atoms with Gasteiger partial charge in [0, 0.05) is 18.0 Å². The maximum Gasteiger partial charge on any atom is 0.234 e. The van der Waals surface area contributed by atoms with Gasteiger partial charge in [-0.3, -0.25) is 14.4 Å². The van der Waals surface area contributed by atoms with Crippen LogP contribution in [0.2, 0.25) is 0 Å². The van der Waals surface area contributed by atoms with E-state index < -0.39 is 0 Å². The molecule has 1 aliphatic heterocycles. The third kappa shape index (κ3) is 3.74. The second kappa shape index (κ2) is 6.96. The minimum absolute atomic E-state index is 0.132. The fourth-order valence-electron chi connectivity index (χ4n) is 3.87. The first-order valence-corrected chi connectivity index (χ1v) is 9.14. The molecule has 6 nitrogen and oxygen atoms in total. The van der Waals surface area contributed by atoms with Gasteiger partial charge in [-0.1, -0.05) is 30.3 Å². The summed E-state index contributed by atoms with van der Waals surface area (Å²) < 4.78 is 1.86. The SMILES string of the molecule is O=C(CN1CCC[C@@H]1Cn1cncn1)NCC1(c2ccccc2)CC1. The summed E-state index contributed by atoms with van der Waals surface area (Å²) in [5, 5.41) is 7.36. The van der Waals surface area contributed by atoms with Gasteiger partial charge >= 0.3 is 0 Å². The van der Waals surface area contributed by atoms with Gasteiger partial charge < -0.3 is 5.32 Å². The zero-order valence-corrected chi connectivity index (χ0v) is 14.5. The van der Waals surface area contributed by atoms with E-state index in [1.54, 1.807) is 12.7 Å². The standard InChI is InChI=1S/C19H25N5O/c25-18(21-13-19(8-9-19)16-5-2-1-3-6-16)12-23-10-4-7-17(23)11-24-15-20-14-22-24/h1-3,5-6,14-15,17H,4,7-13H2,(H,21,25)/t17-/m1/s1. The van der Waals surface area contributed by atoms with Gasteiger partial charge in [0.25, 0.3) is 0 Å². The van der Waals surface area contributed by atoms with Crippen molar-refractivity contribution in [3.8, 4) is 0 Å². The third-order valence-corrected chi connectivity index (χ3v) is 5.57. The van der Waals surface area contributed by atoms with E-state index in [-0.39, 0.29) is 11.3 Å². The minimum atomic E-state index is 0.132. The molecule has 132 valence electrons. The Balaban J connectivity index is 1.29. The Morgan fingerprint density at radius 3 is 2.84 bits per heavy atom. The highest BCUT2D eigenvalue weighted by molar-refractivity contribution is 5.78. The topological polar surface area (TPSA) is 63.1 Å². The first kappa shape index (κ1) is 16.3. The Labute approximate surface area is 148 Å². The normalized spacial score (nSPS) is 22.0. The van der Waals surface area contributed by atoms with Crippen molar-refractivity contribution in [3.05, 3.63) is 48.5 Å². The molecule has 0 bridgehead atoms. The molecule has 1 atom stereocenters. The number of nitrogens with zero attached hydrogens (tertiary/aromatic N) is 4. The average Bonchev–Trinajstić information content (AvgIpc) is 3.02. The van der Waals surface area contributed by atoms with Crippen LogP contribution in [-0.4, -0.2) is 51.2 Å². The zero-order chi connectivity index (χ0) is 17.1. The van der Waals surface area contributed by atoms with E-state index in [1.165, 1.54) is 5.56 Å². The van der Waals surface area contributed by atoms with Gasteiger partial charge in [0.2, 0.25) is 5.91 Å². The molecule has 2 heterocycles. The molecule has 2 aliphatic rings. The Bertz CT molecular complexity index is 696. The number of carbonyl (C=O) groups is 1. The maximum atomic E-state index is 12.5. The number of benzene rings is 1. The van der Waals surface area contributed by atoms with E-state index in [0.717, 1.165) is 45.3 Å². The second-order valence-corrected chi connectivity index (χ2v) is 7.31. The number of nitrogens with one attached hydrogen (secondary N) is 1. The predicted octanol–water partition coefficient (Wildman–Crippen LogP) is 1.59. The van der Waals surface area contributed by atoms with E-state index >= 15 is 0 Å². The fourth-order valence-corrected chi connectivity index (χ4v) is 3.87. The van der Waals surface area contributed by atoms with Gasteiger partial charge in [-0.15, -0.1) is 0 Å². The van der Waals surface area contributed by atoms with Crippen LogP contribution in [0.1, 0.15) is 31.2 Å². The Kier molecular flexibility index (Phi) is 4.53. The quantitative estimate of drug-likeness (QED) is 0.832. The average molecular weight is 339 g/mol. The Hall–Kier alpha value is -2.21. The lowest BCUT2D eigenvalue weighted by Crippen LogP contribution is -2.43. The molecular weight excluding hydrogens is 314 g/mol.